The zero-order chi connectivity index (χ0) is 14.4. The summed E-state index contributed by atoms with van der Waals surface area (Å²) in [6, 6.07) is 5.26. The molecule has 0 bridgehead atoms. The summed E-state index contributed by atoms with van der Waals surface area (Å²) >= 11 is 0. The van der Waals surface area contributed by atoms with Gasteiger partial charge in [0.25, 0.3) is 0 Å². The molecule has 1 aromatic rings. The van der Waals surface area contributed by atoms with Gasteiger partial charge in [-0.15, -0.1) is 0 Å². The molecule has 0 radical (unpaired) electrons. The first-order valence-electron chi connectivity index (χ1n) is 6.57. The smallest absolute Gasteiger partial charge is 0.227 e. The van der Waals surface area contributed by atoms with Crippen LogP contribution in [-0.2, 0) is 9.53 Å². The van der Waals surface area contributed by atoms with Gasteiger partial charge in [0, 0.05) is 19.2 Å². The summed E-state index contributed by atoms with van der Waals surface area (Å²) in [5, 5.41) is 6.03. The molecule has 0 spiro atoms. The fourth-order valence-electron chi connectivity index (χ4n) is 2.06. The number of anilines is 1. The minimum absolute atomic E-state index is 0.0759. The quantitative estimate of drug-likeness (QED) is 0.843. The first-order chi connectivity index (χ1) is 9.72. The molecule has 1 saturated heterocycles. The van der Waals surface area contributed by atoms with Gasteiger partial charge in [0.1, 0.15) is 11.5 Å². The van der Waals surface area contributed by atoms with E-state index in [9.17, 15) is 4.79 Å². The Bertz CT molecular complexity index is 458. The van der Waals surface area contributed by atoms with Crippen LogP contribution in [0.5, 0.6) is 11.5 Å². The average molecular weight is 280 g/mol. The number of amides is 1. The van der Waals surface area contributed by atoms with Gasteiger partial charge in [0.2, 0.25) is 5.91 Å². The Hall–Kier alpha value is -1.79. The Morgan fingerprint density at radius 1 is 1.45 bits per heavy atom. The van der Waals surface area contributed by atoms with Crippen LogP contribution in [0.1, 0.15) is 6.42 Å². The Morgan fingerprint density at radius 3 is 2.95 bits per heavy atom. The van der Waals surface area contributed by atoms with E-state index < -0.39 is 0 Å². The number of morpholine rings is 1. The lowest BCUT2D eigenvalue weighted by Gasteiger charge is -2.23. The van der Waals surface area contributed by atoms with Crippen molar-refractivity contribution in [2.75, 3.05) is 39.2 Å². The second-order valence-corrected chi connectivity index (χ2v) is 4.52. The molecule has 20 heavy (non-hydrogen) atoms. The number of benzene rings is 1. The lowest BCUT2D eigenvalue weighted by atomic mass is 10.2. The van der Waals surface area contributed by atoms with Crippen molar-refractivity contribution in [3.05, 3.63) is 18.2 Å². The SMILES string of the molecule is COc1ccc(NC(=O)CC2CNCCO2)c(OC)c1. The van der Waals surface area contributed by atoms with Gasteiger partial charge in [-0.2, -0.15) is 0 Å². The number of rotatable bonds is 5. The van der Waals surface area contributed by atoms with Crippen LogP contribution in [0.15, 0.2) is 18.2 Å². The Labute approximate surface area is 118 Å². The molecule has 0 aromatic heterocycles. The summed E-state index contributed by atoms with van der Waals surface area (Å²) in [6.45, 7) is 2.18. The molecular formula is C14H20N2O4. The molecule has 0 saturated carbocycles. The maximum absolute atomic E-state index is 12.0. The van der Waals surface area contributed by atoms with Gasteiger partial charge in [-0.05, 0) is 12.1 Å². The van der Waals surface area contributed by atoms with Gasteiger partial charge in [-0.25, -0.2) is 0 Å². The van der Waals surface area contributed by atoms with E-state index in [4.69, 9.17) is 14.2 Å². The first kappa shape index (κ1) is 14.6. The van der Waals surface area contributed by atoms with Crippen LogP contribution in [0.2, 0.25) is 0 Å². The normalized spacial score (nSPS) is 18.4. The summed E-state index contributed by atoms with van der Waals surface area (Å²) < 4.78 is 15.9. The largest absolute Gasteiger partial charge is 0.497 e. The van der Waals surface area contributed by atoms with Crippen molar-refractivity contribution in [1.29, 1.82) is 0 Å². The number of hydrogen-bond acceptors (Lipinski definition) is 5. The minimum atomic E-state index is -0.0952. The van der Waals surface area contributed by atoms with Crippen LogP contribution in [0, 0.1) is 0 Å². The van der Waals surface area contributed by atoms with E-state index in [2.05, 4.69) is 10.6 Å². The molecule has 1 aromatic carbocycles. The molecular weight excluding hydrogens is 260 g/mol. The minimum Gasteiger partial charge on any atom is -0.497 e. The lowest BCUT2D eigenvalue weighted by Crippen LogP contribution is -2.40. The number of ether oxygens (including phenoxy) is 3. The average Bonchev–Trinajstić information content (AvgIpc) is 2.48. The van der Waals surface area contributed by atoms with Crippen molar-refractivity contribution in [2.24, 2.45) is 0 Å². The predicted molar refractivity (Wildman–Crippen MR) is 75.4 cm³/mol. The summed E-state index contributed by atoms with van der Waals surface area (Å²) in [5.41, 5.74) is 0.627. The molecule has 0 aliphatic carbocycles. The van der Waals surface area contributed by atoms with Gasteiger partial charge in [-0.1, -0.05) is 0 Å². The Kier molecular flexibility index (Phi) is 5.20. The summed E-state index contributed by atoms with van der Waals surface area (Å²) in [5.74, 6) is 1.15. The van der Waals surface area contributed by atoms with Gasteiger partial charge in [-0.3, -0.25) is 4.79 Å². The number of carbonyl (C=O) groups is 1. The zero-order valence-electron chi connectivity index (χ0n) is 11.8. The molecule has 1 aliphatic rings. The van der Waals surface area contributed by atoms with Gasteiger partial charge in [0.15, 0.2) is 0 Å². The highest BCUT2D eigenvalue weighted by Gasteiger charge is 2.18. The maximum Gasteiger partial charge on any atom is 0.227 e. The molecule has 1 fully saturated rings. The molecule has 1 heterocycles. The van der Waals surface area contributed by atoms with E-state index in [0.29, 0.717) is 36.8 Å². The number of nitrogens with one attached hydrogen (secondary N) is 2. The van der Waals surface area contributed by atoms with Crippen molar-refractivity contribution in [3.8, 4) is 11.5 Å². The lowest BCUT2D eigenvalue weighted by molar-refractivity contribution is -0.119. The number of carbonyl (C=O) groups excluding carboxylic acids is 1. The van der Waals surface area contributed by atoms with E-state index in [1.807, 2.05) is 0 Å². The number of hydrogen-bond donors (Lipinski definition) is 2. The first-order valence-corrected chi connectivity index (χ1v) is 6.57. The van der Waals surface area contributed by atoms with Crippen LogP contribution in [-0.4, -0.2) is 45.9 Å². The van der Waals surface area contributed by atoms with Gasteiger partial charge in [0.05, 0.1) is 39.0 Å². The van der Waals surface area contributed by atoms with Crippen molar-refractivity contribution in [2.45, 2.75) is 12.5 Å². The summed E-state index contributed by atoms with van der Waals surface area (Å²) in [6.07, 6.45) is 0.246. The molecule has 110 valence electrons. The molecule has 2 rings (SSSR count). The van der Waals surface area contributed by atoms with E-state index in [-0.39, 0.29) is 12.0 Å². The van der Waals surface area contributed by atoms with Crippen molar-refractivity contribution >= 4 is 11.6 Å². The molecule has 1 unspecified atom stereocenters. The summed E-state index contributed by atoms with van der Waals surface area (Å²) in [7, 11) is 3.14. The molecule has 6 heteroatoms. The van der Waals surface area contributed by atoms with E-state index in [0.717, 1.165) is 6.54 Å². The third-order valence-corrected chi connectivity index (χ3v) is 3.10. The van der Waals surface area contributed by atoms with Crippen molar-refractivity contribution in [3.63, 3.8) is 0 Å². The molecule has 1 atom stereocenters. The van der Waals surface area contributed by atoms with Crippen LogP contribution >= 0.6 is 0 Å². The highest BCUT2D eigenvalue weighted by Crippen LogP contribution is 2.29. The molecule has 6 nitrogen and oxygen atoms in total. The highest BCUT2D eigenvalue weighted by atomic mass is 16.5. The van der Waals surface area contributed by atoms with Crippen LogP contribution in [0.3, 0.4) is 0 Å². The van der Waals surface area contributed by atoms with E-state index in [1.54, 1.807) is 32.4 Å². The topological polar surface area (TPSA) is 68.8 Å². The van der Waals surface area contributed by atoms with Crippen molar-refractivity contribution in [1.82, 2.24) is 5.32 Å². The molecule has 1 aliphatic heterocycles. The van der Waals surface area contributed by atoms with Crippen molar-refractivity contribution < 1.29 is 19.0 Å². The third kappa shape index (κ3) is 3.85. The van der Waals surface area contributed by atoms with E-state index in [1.165, 1.54) is 0 Å². The predicted octanol–water partition coefficient (Wildman–Crippen LogP) is 1.02. The number of methoxy groups -OCH3 is 2. The monoisotopic (exact) mass is 280 g/mol. The Morgan fingerprint density at radius 2 is 2.30 bits per heavy atom. The zero-order valence-corrected chi connectivity index (χ0v) is 11.8. The second-order valence-electron chi connectivity index (χ2n) is 4.52. The van der Waals surface area contributed by atoms with Crippen LogP contribution in [0.4, 0.5) is 5.69 Å². The van der Waals surface area contributed by atoms with Crippen LogP contribution in [0.25, 0.3) is 0 Å². The molecule has 1 amide bonds. The van der Waals surface area contributed by atoms with Gasteiger partial charge >= 0.3 is 0 Å². The second kappa shape index (κ2) is 7.12. The fourth-order valence-corrected chi connectivity index (χ4v) is 2.06. The maximum atomic E-state index is 12.0. The van der Waals surface area contributed by atoms with Gasteiger partial charge < -0.3 is 24.8 Å². The highest BCUT2D eigenvalue weighted by molar-refractivity contribution is 5.92. The Balaban J connectivity index is 1.96. The molecule has 2 N–H and O–H groups in total. The summed E-state index contributed by atoms with van der Waals surface area (Å²) in [4.78, 5) is 12.0. The van der Waals surface area contributed by atoms with Crippen LogP contribution < -0.4 is 20.1 Å². The standard InChI is InChI=1S/C14H20N2O4/c1-18-10-3-4-12(13(7-10)19-2)16-14(17)8-11-9-15-5-6-20-11/h3-4,7,11,15H,5-6,8-9H2,1-2H3,(H,16,17). The van der Waals surface area contributed by atoms with E-state index >= 15 is 0 Å². The third-order valence-electron chi connectivity index (χ3n) is 3.10. The fraction of sp³-hybridized carbons (Fsp3) is 0.500.